The van der Waals surface area contributed by atoms with Crippen LogP contribution in [0.15, 0.2) is 30.5 Å². The Morgan fingerprint density at radius 1 is 1.33 bits per heavy atom. The zero-order valence-electron chi connectivity index (χ0n) is 7.89. The van der Waals surface area contributed by atoms with E-state index in [1.165, 1.54) is 0 Å². The zero-order valence-corrected chi connectivity index (χ0v) is 8.65. The molecule has 0 atom stereocenters. The molecule has 0 saturated heterocycles. The Morgan fingerprint density at radius 2 is 2.20 bits per heavy atom. The molecule has 0 unspecified atom stereocenters. The third kappa shape index (κ3) is 2.29. The summed E-state index contributed by atoms with van der Waals surface area (Å²) in [4.78, 5) is 4.25. The summed E-state index contributed by atoms with van der Waals surface area (Å²) in [5.74, 6) is 0.521. The van der Waals surface area contributed by atoms with Crippen molar-refractivity contribution >= 4 is 11.6 Å². The Labute approximate surface area is 92.1 Å². The van der Waals surface area contributed by atoms with Crippen LogP contribution in [0.3, 0.4) is 0 Å². The highest BCUT2D eigenvalue weighted by molar-refractivity contribution is 6.30. The van der Waals surface area contributed by atoms with Gasteiger partial charge in [-0.3, -0.25) is 0 Å². The van der Waals surface area contributed by atoms with Gasteiger partial charge in [-0.2, -0.15) is 5.10 Å². The minimum atomic E-state index is 0.279. The van der Waals surface area contributed by atoms with E-state index >= 15 is 0 Å². The number of nitrogens with zero attached hydrogens (tertiary/aromatic N) is 3. The maximum absolute atomic E-state index is 5.88. The van der Waals surface area contributed by atoms with E-state index in [4.69, 9.17) is 17.3 Å². The Bertz CT molecular complexity index is 472. The van der Waals surface area contributed by atoms with Crippen LogP contribution in [0.25, 0.3) is 11.3 Å². The first kappa shape index (κ1) is 10.0. The predicted molar refractivity (Wildman–Crippen MR) is 58.2 cm³/mol. The number of nitrogens with two attached hydrogens (primary N) is 1. The maximum atomic E-state index is 5.88. The van der Waals surface area contributed by atoms with Crippen LogP contribution in [-0.2, 0) is 6.54 Å². The van der Waals surface area contributed by atoms with Gasteiger partial charge in [0.2, 0.25) is 0 Å². The normalized spacial score (nSPS) is 10.3. The zero-order chi connectivity index (χ0) is 10.7. The maximum Gasteiger partial charge on any atom is 0.165 e. The van der Waals surface area contributed by atoms with Crippen molar-refractivity contribution in [3.63, 3.8) is 0 Å². The molecule has 0 aliphatic carbocycles. The number of rotatable bonds is 2. The van der Waals surface area contributed by atoms with Gasteiger partial charge >= 0.3 is 0 Å². The second-order valence-electron chi connectivity index (χ2n) is 2.97. The van der Waals surface area contributed by atoms with Crippen molar-refractivity contribution in [2.45, 2.75) is 6.54 Å². The molecular formula is C10H9ClN4. The molecule has 0 amide bonds. The molecule has 0 fully saturated rings. The summed E-state index contributed by atoms with van der Waals surface area (Å²) >= 11 is 5.88. The monoisotopic (exact) mass is 220 g/mol. The van der Waals surface area contributed by atoms with Crippen molar-refractivity contribution in [3.05, 3.63) is 41.3 Å². The molecule has 0 aliphatic rings. The highest BCUT2D eigenvalue weighted by Crippen LogP contribution is 2.19. The Hall–Kier alpha value is -1.52. The molecule has 15 heavy (non-hydrogen) atoms. The third-order valence-electron chi connectivity index (χ3n) is 1.91. The molecule has 0 aliphatic heterocycles. The van der Waals surface area contributed by atoms with Gasteiger partial charge in [-0.15, -0.1) is 5.10 Å². The summed E-state index contributed by atoms with van der Waals surface area (Å²) in [5, 5.41) is 8.28. The first-order valence-corrected chi connectivity index (χ1v) is 4.82. The molecule has 1 aromatic heterocycles. The largest absolute Gasteiger partial charge is 0.324 e. The number of halogens is 1. The molecule has 2 aromatic rings. The van der Waals surface area contributed by atoms with Crippen LogP contribution in [-0.4, -0.2) is 15.2 Å². The molecule has 1 heterocycles. The molecule has 76 valence electrons. The van der Waals surface area contributed by atoms with Crippen molar-refractivity contribution in [2.24, 2.45) is 5.73 Å². The van der Waals surface area contributed by atoms with Gasteiger partial charge in [0.15, 0.2) is 5.82 Å². The van der Waals surface area contributed by atoms with Crippen LogP contribution in [0.5, 0.6) is 0 Å². The van der Waals surface area contributed by atoms with Crippen LogP contribution in [0.2, 0.25) is 5.02 Å². The number of hydrogen-bond acceptors (Lipinski definition) is 4. The van der Waals surface area contributed by atoms with Crippen molar-refractivity contribution in [3.8, 4) is 11.3 Å². The van der Waals surface area contributed by atoms with Crippen molar-refractivity contribution in [1.82, 2.24) is 15.2 Å². The van der Waals surface area contributed by atoms with Crippen molar-refractivity contribution in [1.29, 1.82) is 0 Å². The van der Waals surface area contributed by atoms with E-state index < -0.39 is 0 Å². The molecule has 2 N–H and O–H groups in total. The smallest absolute Gasteiger partial charge is 0.165 e. The fourth-order valence-corrected chi connectivity index (χ4v) is 1.40. The van der Waals surface area contributed by atoms with Gasteiger partial charge in [0.25, 0.3) is 0 Å². The van der Waals surface area contributed by atoms with Crippen LogP contribution in [0, 0.1) is 0 Å². The van der Waals surface area contributed by atoms with Gasteiger partial charge in [0.1, 0.15) is 0 Å². The molecular weight excluding hydrogens is 212 g/mol. The Kier molecular flexibility index (Phi) is 2.89. The van der Waals surface area contributed by atoms with Gasteiger partial charge in [0.05, 0.1) is 18.4 Å². The van der Waals surface area contributed by atoms with Gasteiger partial charge in [-0.1, -0.05) is 23.7 Å². The molecule has 1 aromatic carbocycles. The topological polar surface area (TPSA) is 64.7 Å². The number of hydrogen-bond donors (Lipinski definition) is 1. The van der Waals surface area contributed by atoms with Crippen LogP contribution < -0.4 is 5.73 Å². The summed E-state index contributed by atoms with van der Waals surface area (Å²) in [6, 6.07) is 7.41. The lowest BCUT2D eigenvalue weighted by Crippen LogP contribution is -2.04. The highest BCUT2D eigenvalue weighted by atomic mass is 35.5. The van der Waals surface area contributed by atoms with Gasteiger partial charge in [-0.25, -0.2) is 4.98 Å². The van der Waals surface area contributed by atoms with E-state index in [0.717, 1.165) is 11.3 Å². The second kappa shape index (κ2) is 4.33. The van der Waals surface area contributed by atoms with E-state index in [1.807, 2.05) is 24.3 Å². The summed E-state index contributed by atoms with van der Waals surface area (Å²) in [6.45, 7) is 0.279. The summed E-state index contributed by atoms with van der Waals surface area (Å²) in [6.07, 6.45) is 1.59. The number of benzene rings is 1. The average Bonchev–Trinajstić information content (AvgIpc) is 2.29. The minimum absolute atomic E-state index is 0.279. The molecule has 2 rings (SSSR count). The lowest BCUT2D eigenvalue weighted by atomic mass is 10.2. The summed E-state index contributed by atoms with van der Waals surface area (Å²) in [7, 11) is 0. The molecule has 0 saturated carbocycles. The standard InChI is InChI=1S/C10H9ClN4/c11-8-3-1-2-7(4-8)9-6-13-15-10(5-12)14-9/h1-4,6H,5,12H2. The van der Waals surface area contributed by atoms with E-state index in [9.17, 15) is 0 Å². The molecule has 4 nitrogen and oxygen atoms in total. The fourth-order valence-electron chi connectivity index (χ4n) is 1.21. The first-order valence-electron chi connectivity index (χ1n) is 4.44. The predicted octanol–water partition coefficient (Wildman–Crippen LogP) is 1.65. The fraction of sp³-hybridized carbons (Fsp3) is 0.100. The summed E-state index contributed by atoms with van der Waals surface area (Å²) < 4.78 is 0. The Balaban J connectivity index is 2.44. The highest BCUT2D eigenvalue weighted by Gasteiger charge is 2.02. The van der Waals surface area contributed by atoms with Crippen molar-refractivity contribution in [2.75, 3.05) is 0 Å². The van der Waals surface area contributed by atoms with Gasteiger partial charge in [-0.05, 0) is 12.1 Å². The van der Waals surface area contributed by atoms with E-state index in [1.54, 1.807) is 6.20 Å². The summed E-state index contributed by atoms with van der Waals surface area (Å²) in [5.41, 5.74) is 7.07. The van der Waals surface area contributed by atoms with Crippen LogP contribution in [0.1, 0.15) is 5.82 Å². The lowest BCUT2D eigenvalue weighted by molar-refractivity contribution is 0.834. The van der Waals surface area contributed by atoms with Crippen LogP contribution >= 0.6 is 11.6 Å². The molecule has 0 bridgehead atoms. The molecule has 5 heteroatoms. The Morgan fingerprint density at radius 3 is 2.93 bits per heavy atom. The number of aromatic nitrogens is 3. The molecule has 0 spiro atoms. The lowest BCUT2D eigenvalue weighted by Gasteiger charge is -2.01. The van der Waals surface area contributed by atoms with Gasteiger partial charge in [0, 0.05) is 10.6 Å². The van der Waals surface area contributed by atoms with E-state index in [-0.39, 0.29) is 6.54 Å². The average molecular weight is 221 g/mol. The third-order valence-corrected chi connectivity index (χ3v) is 2.14. The first-order chi connectivity index (χ1) is 7.29. The quantitative estimate of drug-likeness (QED) is 0.836. The SMILES string of the molecule is NCc1nncc(-c2cccc(Cl)c2)n1. The van der Waals surface area contributed by atoms with Gasteiger partial charge < -0.3 is 5.73 Å². The van der Waals surface area contributed by atoms with Crippen LogP contribution in [0.4, 0.5) is 0 Å². The van der Waals surface area contributed by atoms with Crippen molar-refractivity contribution < 1.29 is 0 Å². The second-order valence-corrected chi connectivity index (χ2v) is 3.41. The van der Waals surface area contributed by atoms with E-state index in [0.29, 0.717) is 10.8 Å². The van der Waals surface area contributed by atoms with E-state index in [2.05, 4.69) is 15.2 Å². The minimum Gasteiger partial charge on any atom is -0.324 e. The molecule has 0 radical (unpaired) electrons.